The first kappa shape index (κ1) is 7.02. The van der Waals surface area contributed by atoms with E-state index in [-0.39, 0.29) is 5.52 Å². The molecule has 0 spiro atoms. The molecular weight excluding hydrogens is 161 g/mol. The highest BCUT2D eigenvalue weighted by Gasteiger charge is 2.10. The molecule has 0 unspecified atom stereocenters. The summed E-state index contributed by atoms with van der Waals surface area (Å²) in [5, 5.41) is 16.1. The predicted octanol–water partition coefficient (Wildman–Crippen LogP) is 0.813. The average molecular weight is 167 g/mol. The standard InChI is InChI=1S/C7H6FN3O/c1-11-4-2-3-5(12)6(8)7(4)9-10-11/h2-3,12H,1H3. The summed E-state index contributed by atoms with van der Waals surface area (Å²) in [7, 11) is 1.66. The lowest BCUT2D eigenvalue weighted by Crippen LogP contribution is -1.88. The highest BCUT2D eigenvalue weighted by Crippen LogP contribution is 2.22. The van der Waals surface area contributed by atoms with E-state index >= 15 is 0 Å². The molecule has 2 rings (SSSR count). The van der Waals surface area contributed by atoms with Gasteiger partial charge in [0.2, 0.25) is 0 Å². The number of nitrogens with zero attached hydrogens (tertiary/aromatic N) is 3. The van der Waals surface area contributed by atoms with Crippen LogP contribution in [0.1, 0.15) is 0 Å². The highest BCUT2D eigenvalue weighted by atomic mass is 19.1. The van der Waals surface area contributed by atoms with E-state index in [4.69, 9.17) is 5.11 Å². The normalized spacial score (nSPS) is 10.8. The number of fused-ring (bicyclic) bond motifs is 1. The molecule has 0 bridgehead atoms. The minimum absolute atomic E-state index is 0.0949. The fourth-order valence-corrected chi connectivity index (χ4v) is 1.06. The van der Waals surface area contributed by atoms with Crippen LogP contribution in [0.3, 0.4) is 0 Å². The smallest absolute Gasteiger partial charge is 0.194 e. The number of hydrogen-bond donors (Lipinski definition) is 1. The molecule has 1 aromatic heterocycles. The molecule has 1 heterocycles. The SMILES string of the molecule is Cn1nnc2c(F)c(O)ccc21. The zero-order chi connectivity index (χ0) is 8.72. The third-order valence-electron chi connectivity index (χ3n) is 1.70. The van der Waals surface area contributed by atoms with Gasteiger partial charge >= 0.3 is 0 Å². The summed E-state index contributed by atoms with van der Waals surface area (Å²) >= 11 is 0. The molecule has 0 amide bonds. The quantitative estimate of drug-likeness (QED) is 0.631. The number of aryl methyl sites for hydroxylation is 1. The van der Waals surface area contributed by atoms with E-state index in [1.165, 1.54) is 10.7 Å². The monoisotopic (exact) mass is 167 g/mol. The Morgan fingerprint density at radius 2 is 2.25 bits per heavy atom. The van der Waals surface area contributed by atoms with Crippen LogP contribution in [0.4, 0.5) is 4.39 Å². The van der Waals surface area contributed by atoms with Crippen molar-refractivity contribution in [3.8, 4) is 5.75 Å². The Bertz CT molecular complexity index is 437. The molecule has 0 fully saturated rings. The third-order valence-corrected chi connectivity index (χ3v) is 1.70. The van der Waals surface area contributed by atoms with Gasteiger partial charge in [0, 0.05) is 7.05 Å². The fourth-order valence-electron chi connectivity index (χ4n) is 1.06. The number of benzene rings is 1. The Kier molecular flexibility index (Phi) is 1.27. The first-order valence-electron chi connectivity index (χ1n) is 3.37. The lowest BCUT2D eigenvalue weighted by molar-refractivity contribution is 0.435. The van der Waals surface area contributed by atoms with Crippen LogP contribution in [0.2, 0.25) is 0 Å². The largest absolute Gasteiger partial charge is 0.505 e. The van der Waals surface area contributed by atoms with Gasteiger partial charge in [-0.2, -0.15) is 0 Å². The molecule has 0 aliphatic rings. The van der Waals surface area contributed by atoms with E-state index < -0.39 is 11.6 Å². The molecule has 2 aromatic rings. The van der Waals surface area contributed by atoms with Crippen LogP contribution in [-0.2, 0) is 7.05 Å². The molecule has 0 saturated carbocycles. The first-order valence-corrected chi connectivity index (χ1v) is 3.37. The molecule has 0 radical (unpaired) electrons. The van der Waals surface area contributed by atoms with E-state index in [1.54, 1.807) is 13.1 Å². The van der Waals surface area contributed by atoms with Crippen LogP contribution in [0.15, 0.2) is 12.1 Å². The summed E-state index contributed by atoms with van der Waals surface area (Å²) in [5.74, 6) is -1.12. The van der Waals surface area contributed by atoms with Crippen LogP contribution in [-0.4, -0.2) is 20.1 Å². The average Bonchev–Trinajstić information content (AvgIpc) is 2.41. The molecule has 0 atom stereocenters. The third kappa shape index (κ3) is 0.761. The van der Waals surface area contributed by atoms with E-state index in [9.17, 15) is 4.39 Å². The van der Waals surface area contributed by atoms with Crippen molar-refractivity contribution < 1.29 is 9.50 Å². The molecule has 4 nitrogen and oxygen atoms in total. The van der Waals surface area contributed by atoms with Gasteiger partial charge in [-0.15, -0.1) is 5.10 Å². The van der Waals surface area contributed by atoms with Gasteiger partial charge in [0.1, 0.15) is 0 Å². The summed E-state index contributed by atoms with van der Waals surface area (Å²) in [4.78, 5) is 0. The van der Waals surface area contributed by atoms with E-state index in [2.05, 4.69) is 10.3 Å². The number of phenolic OH excluding ortho intramolecular Hbond substituents is 1. The number of hydrogen-bond acceptors (Lipinski definition) is 3. The second-order valence-corrected chi connectivity index (χ2v) is 2.48. The summed E-state index contributed by atoms with van der Waals surface area (Å²) in [6.45, 7) is 0. The van der Waals surface area contributed by atoms with Crippen molar-refractivity contribution in [1.29, 1.82) is 0 Å². The Morgan fingerprint density at radius 1 is 1.50 bits per heavy atom. The summed E-state index contributed by atoms with van der Waals surface area (Å²) in [6, 6.07) is 2.84. The van der Waals surface area contributed by atoms with Crippen molar-refractivity contribution in [2.75, 3.05) is 0 Å². The number of aromatic nitrogens is 3. The highest BCUT2D eigenvalue weighted by molar-refractivity contribution is 5.76. The number of aromatic hydroxyl groups is 1. The van der Waals surface area contributed by atoms with Crippen molar-refractivity contribution in [1.82, 2.24) is 15.0 Å². The second-order valence-electron chi connectivity index (χ2n) is 2.48. The van der Waals surface area contributed by atoms with Gasteiger partial charge in [-0.05, 0) is 12.1 Å². The van der Waals surface area contributed by atoms with E-state index in [0.29, 0.717) is 5.52 Å². The van der Waals surface area contributed by atoms with Gasteiger partial charge < -0.3 is 5.11 Å². The number of halogens is 1. The lowest BCUT2D eigenvalue weighted by Gasteiger charge is -1.94. The maximum Gasteiger partial charge on any atom is 0.194 e. The summed E-state index contributed by atoms with van der Waals surface area (Å²) in [6.07, 6.45) is 0. The van der Waals surface area contributed by atoms with Gasteiger partial charge in [0.15, 0.2) is 17.1 Å². The Balaban J connectivity index is 2.93. The zero-order valence-corrected chi connectivity index (χ0v) is 6.32. The van der Waals surface area contributed by atoms with Gasteiger partial charge in [-0.25, -0.2) is 9.07 Å². The molecule has 1 N–H and O–H groups in total. The Morgan fingerprint density at radius 3 is 3.00 bits per heavy atom. The minimum Gasteiger partial charge on any atom is -0.505 e. The van der Waals surface area contributed by atoms with Crippen LogP contribution < -0.4 is 0 Å². The van der Waals surface area contributed by atoms with Crippen molar-refractivity contribution in [3.05, 3.63) is 17.9 Å². The number of phenols is 1. The van der Waals surface area contributed by atoms with Crippen molar-refractivity contribution >= 4 is 11.0 Å². The van der Waals surface area contributed by atoms with Gasteiger partial charge in [-0.3, -0.25) is 0 Å². The van der Waals surface area contributed by atoms with E-state index in [1.807, 2.05) is 0 Å². The Labute approximate surface area is 67.2 Å². The molecule has 5 heteroatoms. The summed E-state index contributed by atoms with van der Waals surface area (Å²) < 4.78 is 14.5. The molecule has 0 aliphatic heterocycles. The number of rotatable bonds is 0. The molecule has 12 heavy (non-hydrogen) atoms. The predicted molar refractivity (Wildman–Crippen MR) is 40.1 cm³/mol. The topological polar surface area (TPSA) is 50.9 Å². The molecular formula is C7H6FN3O. The molecule has 1 aromatic carbocycles. The molecule has 0 aliphatic carbocycles. The van der Waals surface area contributed by atoms with E-state index in [0.717, 1.165) is 0 Å². The lowest BCUT2D eigenvalue weighted by atomic mass is 10.3. The van der Waals surface area contributed by atoms with Crippen LogP contribution in [0.5, 0.6) is 5.75 Å². The summed E-state index contributed by atoms with van der Waals surface area (Å²) in [5.41, 5.74) is 0.655. The molecule has 0 saturated heterocycles. The first-order chi connectivity index (χ1) is 5.70. The molecule has 62 valence electrons. The van der Waals surface area contributed by atoms with Crippen molar-refractivity contribution in [3.63, 3.8) is 0 Å². The van der Waals surface area contributed by atoms with Crippen LogP contribution in [0.25, 0.3) is 11.0 Å². The minimum atomic E-state index is -0.722. The zero-order valence-electron chi connectivity index (χ0n) is 6.32. The maximum atomic E-state index is 13.0. The van der Waals surface area contributed by atoms with Gasteiger partial charge in [0.25, 0.3) is 0 Å². The van der Waals surface area contributed by atoms with Crippen LogP contribution in [0, 0.1) is 5.82 Å². The van der Waals surface area contributed by atoms with Crippen molar-refractivity contribution in [2.45, 2.75) is 0 Å². The van der Waals surface area contributed by atoms with Crippen LogP contribution >= 0.6 is 0 Å². The second kappa shape index (κ2) is 2.17. The van der Waals surface area contributed by atoms with Crippen molar-refractivity contribution in [2.24, 2.45) is 7.05 Å². The van der Waals surface area contributed by atoms with Gasteiger partial charge in [0.05, 0.1) is 5.52 Å². The Hall–Kier alpha value is -1.65. The van der Waals surface area contributed by atoms with Gasteiger partial charge in [-0.1, -0.05) is 5.21 Å². The fraction of sp³-hybridized carbons (Fsp3) is 0.143. The maximum absolute atomic E-state index is 13.0.